The molecule has 0 saturated heterocycles. The monoisotopic (exact) mass is 161 g/mol. The quantitative estimate of drug-likeness (QED) is 0.223. The van der Waals surface area contributed by atoms with E-state index in [1.54, 1.807) is 24.3 Å². The van der Waals surface area contributed by atoms with Crippen molar-refractivity contribution < 1.29 is 0 Å². The second-order valence-electron chi connectivity index (χ2n) is 2.15. The minimum absolute atomic E-state index is 0.00230. The Morgan fingerprint density at radius 1 is 1.42 bits per heavy atom. The van der Waals surface area contributed by atoms with Gasteiger partial charge in [-0.1, -0.05) is 29.4 Å². The molecule has 1 aromatic carbocycles. The van der Waals surface area contributed by atoms with E-state index in [9.17, 15) is 0 Å². The van der Waals surface area contributed by atoms with E-state index in [2.05, 4.69) is 10.0 Å². The van der Waals surface area contributed by atoms with Crippen LogP contribution in [0.1, 0.15) is 5.56 Å². The van der Waals surface area contributed by atoms with Gasteiger partial charge in [0.25, 0.3) is 0 Å². The molecule has 0 amide bonds. The van der Waals surface area contributed by atoms with Crippen LogP contribution in [-0.4, -0.2) is 5.84 Å². The van der Waals surface area contributed by atoms with E-state index in [4.69, 9.17) is 16.7 Å². The van der Waals surface area contributed by atoms with E-state index in [1.807, 2.05) is 0 Å². The summed E-state index contributed by atoms with van der Waals surface area (Å²) in [5, 5.41) is 10.5. The first-order chi connectivity index (χ1) is 5.74. The van der Waals surface area contributed by atoms with Gasteiger partial charge in [-0.05, 0) is 5.53 Å². The maximum absolute atomic E-state index is 8.09. The third-order valence-electron chi connectivity index (χ3n) is 1.34. The third kappa shape index (κ3) is 1.74. The Kier molecular flexibility index (Phi) is 2.30. The van der Waals surface area contributed by atoms with Crippen molar-refractivity contribution in [3.05, 3.63) is 40.3 Å². The van der Waals surface area contributed by atoms with Crippen LogP contribution in [0.4, 0.5) is 5.69 Å². The number of hydrogen-bond donors (Lipinski definition) is 2. The molecule has 5 nitrogen and oxygen atoms in total. The standard InChI is InChI=1S/C7H7N5/c8-7(9)5-1-3-6(4-2-5)11-12-10/h1-4H,(H3,8,9). The van der Waals surface area contributed by atoms with Crippen LogP contribution in [0.25, 0.3) is 10.4 Å². The van der Waals surface area contributed by atoms with Crippen LogP contribution in [0.15, 0.2) is 29.4 Å². The van der Waals surface area contributed by atoms with Gasteiger partial charge in [0.15, 0.2) is 0 Å². The molecule has 1 rings (SSSR count). The summed E-state index contributed by atoms with van der Waals surface area (Å²) in [6.45, 7) is 0. The number of azide groups is 1. The van der Waals surface area contributed by atoms with Gasteiger partial charge in [0.1, 0.15) is 5.84 Å². The highest BCUT2D eigenvalue weighted by Gasteiger charge is 1.93. The first kappa shape index (κ1) is 8.10. The second kappa shape index (κ2) is 3.41. The van der Waals surface area contributed by atoms with E-state index in [-0.39, 0.29) is 5.84 Å². The third-order valence-corrected chi connectivity index (χ3v) is 1.34. The van der Waals surface area contributed by atoms with E-state index in [0.717, 1.165) is 0 Å². The summed E-state index contributed by atoms with van der Waals surface area (Å²) < 4.78 is 0. The Morgan fingerprint density at radius 2 is 2.00 bits per heavy atom. The Balaban J connectivity index is 3.00. The summed E-state index contributed by atoms with van der Waals surface area (Å²) in [4.78, 5) is 2.62. The fourth-order valence-corrected chi connectivity index (χ4v) is 0.759. The smallest absolute Gasteiger partial charge is 0.122 e. The van der Waals surface area contributed by atoms with E-state index in [0.29, 0.717) is 11.3 Å². The van der Waals surface area contributed by atoms with Crippen molar-refractivity contribution in [3.8, 4) is 0 Å². The van der Waals surface area contributed by atoms with E-state index in [1.165, 1.54) is 0 Å². The van der Waals surface area contributed by atoms with Crippen LogP contribution in [-0.2, 0) is 0 Å². The molecule has 0 bridgehead atoms. The van der Waals surface area contributed by atoms with Gasteiger partial charge in [-0.25, -0.2) is 0 Å². The average molecular weight is 161 g/mol. The fourth-order valence-electron chi connectivity index (χ4n) is 0.759. The minimum Gasteiger partial charge on any atom is -0.384 e. The van der Waals surface area contributed by atoms with Crippen LogP contribution in [0.5, 0.6) is 0 Å². The Labute approximate surface area is 69.0 Å². The van der Waals surface area contributed by atoms with Crippen molar-refractivity contribution in [2.45, 2.75) is 0 Å². The van der Waals surface area contributed by atoms with Gasteiger partial charge >= 0.3 is 0 Å². The average Bonchev–Trinajstić information content (AvgIpc) is 2.06. The molecule has 0 unspecified atom stereocenters. The van der Waals surface area contributed by atoms with Crippen molar-refractivity contribution in [3.63, 3.8) is 0 Å². The molecule has 0 fully saturated rings. The van der Waals surface area contributed by atoms with Crippen molar-refractivity contribution >= 4 is 11.5 Å². The molecule has 0 aliphatic carbocycles. The van der Waals surface area contributed by atoms with Crippen LogP contribution in [0.2, 0.25) is 0 Å². The lowest BCUT2D eigenvalue weighted by atomic mass is 10.2. The van der Waals surface area contributed by atoms with Gasteiger partial charge in [-0.2, -0.15) is 0 Å². The highest BCUT2D eigenvalue weighted by Crippen LogP contribution is 2.12. The molecular formula is C7H7N5. The number of nitrogens with two attached hydrogens (primary N) is 1. The lowest BCUT2D eigenvalue weighted by molar-refractivity contribution is 1.41. The van der Waals surface area contributed by atoms with Crippen molar-refractivity contribution in [2.24, 2.45) is 10.8 Å². The molecule has 1 aromatic rings. The summed E-state index contributed by atoms with van der Waals surface area (Å²) in [6.07, 6.45) is 0. The molecule has 0 saturated carbocycles. The topological polar surface area (TPSA) is 98.6 Å². The molecule has 0 heterocycles. The number of nitrogens with zero attached hydrogens (tertiary/aromatic N) is 3. The highest BCUT2D eigenvalue weighted by molar-refractivity contribution is 5.95. The zero-order valence-electron chi connectivity index (χ0n) is 6.23. The molecule has 3 N–H and O–H groups in total. The number of rotatable bonds is 2. The van der Waals surface area contributed by atoms with Gasteiger partial charge < -0.3 is 5.73 Å². The molecule has 0 atom stereocenters. The largest absolute Gasteiger partial charge is 0.384 e. The zero-order valence-corrected chi connectivity index (χ0v) is 6.23. The first-order valence-corrected chi connectivity index (χ1v) is 3.23. The van der Waals surface area contributed by atoms with Crippen LogP contribution in [0, 0.1) is 5.41 Å². The molecule has 0 aromatic heterocycles. The van der Waals surface area contributed by atoms with Crippen molar-refractivity contribution in [1.29, 1.82) is 5.41 Å². The second-order valence-corrected chi connectivity index (χ2v) is 2.15. The normalized spacial score (nSPS) is 8.67. The number of hydrogen-bond acceptors (Lipinski definition) is 2. The number of nitrogen functional groups attached to an aromatic ring is 1. The SMILES string of the molecule is [N-]=[N+]=Nc1ccc(C(=N)N)cc1. The first-order valence-electron chi connectivity index (χ1n) is 3.23. The summed E-state index contributed by atoms with van der Waals surface area (Å²) >= 11 is 0. The predicted molar refractivity (Wildman–Crippen MR) is 46.3 cm³/mol. The number of amidine groups is 1. The van der Waals surface area contributed by atoms with Gasteiger partial charge in [-0.15, -0.1) is 0 Å². The lowest BCUT2D eigenvalue weighted by Crippen LogP contribution is -2.10. The van der Waals surface area contributed by atoms with Crippen molar-refractivity contribution in [2.75, 3.05) is 0 Å². The Morgan fingerprint density at radius 3 is 2.42 bits per heavy atom. The maximum Gasteiger partial charge on any atom is 0.122 e. The van der Waals surface area contributed by atoms with Gasteiger partial charge in [-0.3, -0.25) is 5.41 Å². The fraction of sp³-hybridized carbons (Fsp3) is 0. The summed E-state index contributed by atoms with van der Waals surface area (Å²) in [5.41, 5.74) is 14.4. The lowest BCUT2D eigenvalue weighted by Gasteiger charge is -1.96. The van der Waals surface area contributed by atoms with Gasteiger partial charge in [0, 0.05) is 16.2 Å². The molecule has 60 valence electrons. The predicted octanol–water partition coefficient (Wildman–Crippen LogP) is 1.91. The van der Waals surface area contributed by atoms with Crippen LogP contribution < -0.4 is 5.73 Å². The van der Waals surface area contributed by atoms with Gasteiger partial charge in [0.2, 0.25) is 0 Å². The van der Waals surface area contributed by atoms with E-state index >= 15 is 0 Å². The van der Waals surface area contributed by atoms with Crippen molar-refractivity contribution in [1.82, 2.24) is 0 Å². The Hall–Kier alpha value is -2.00. The molecule has 12 heavy (non-hydrogen) atoms. The van der Waals surface area contributed by atoms with Crippen LogP contribution >= 0.6 is 0 Å². The highest BCUT2D eigenvalue weighted by atomic mass is 15.1. The molecule has 0 aliphatic rings. The molecule has 0 radical (unpaired) electrons. The molecule has 0 spiro atoms. The summed E-state index contributed by atoms with van der Waals surface area (Å²) in [6, 6.07) is 6.48. The molecule has 5 heteroatoms. The van der Waals surface area contributed by atoms with Crippen LogP contribution in [0.3, 0.4) is 0 Å². The minimum atomic E-state index is 0.00230. The van der Waals surface area contributed by atoms with Gasteiger partial charge in [0.05, 0.1) is 0 Å². The summed E-state index contributed by atoms with van der Waals surface area (Å²) in [5.74, 6) is 0.00230. The van der Waals surface area contributed by atoms with E-state index < -0.39 is 0 Å². The number of benzene rings is 1. The maximum atomic E-state index is 8.09. The molecular weight excluding hydrogens is 154 g/mol. The molecule has 0 aliphatic heterocycles. The Bertz CT molecular complexity index is 312. The summed E-state index contributed by atoms with van der Waals surface area (Å²) in [7, 11) is 0. The zero-order chi connectivity index (χ0) is 8.97. The number of nitrogens with one attached hydrogen (secondary N) is 1.